The summed E-state index contributed by atoms with van der Waals surface area (Å²) in [6.07, 6.45) is 2.01. The zero-order valence-electron chi connectivity index (χ0n) is 22.5. The van der Waals surface area contributed by atoms with Crippen molar-refractivity contribution in [2.24, 2.45) is 5.73 Å². The van der Waals surface area contributed by atoms with Gasteiger partial charge in [-0.2, -0.15) is 12.7 Å². The van der Waals surface area contributed by atoms with E-state index in [-0.39, 0.29) is 37.7 Å². The minimum atomic E-state index is -4.70. The molecule has 13 nitrogen and oxygen atoms in total. The van der Waals surface area contributed by atoms with Gasteiger partial charge in [0.05, 0.1) is 13.2 Å². The smallest absolute Gasteiger partial charge is 0.340 e. The van der Waals surface area contributed by atoms with Crippen molar-refractivity contribution in [2.45, 2.75) is 62.3 Å². The molecule has 0 radical (unpaired) electrons. The van der Waals surface area contributed by atoms with Crippen LogP contribution in [0.1, 0.15) is 45.1 Å². The number of benzene rings is 2. The van der Waals surface area contributed by atoms with Gasteiger partial charge in [0.25, 0.3) is 5.96 Å². The Balaban J connectivity index is 1.95. The summed E-state index contributed by atoms with van der Waals surface area (Å²) >= 11 is 0. The van der Waals surface area contributed by atoms with Crippen LogP contribution >= 0.6 is 0 Å². The fourth-order valence-corrected chi connectivity index (χ4v) is 7.41. The first-order chi connectivity index (χ1) is 18.9. The molecule has 1 fully saturated rings. The van der Waals surface area contributed by atoms with E-state index in [1.54, 1.807) is 13.8 Å². The number of esters is 1. The molecule has 3 rings (SSSR count). The molecular weight excluding hydrogens is 564 g/mol. The fourth-order valence-electron chi connectivity index (χ4n) is 4.06. The van der Waals surface area contributed by atoms with E-state index in [9.17, 15) is 21.6 Å². The van der Waals surface area contributed by atoms with E-state index in [1.165, 1.54) is 30.3 Å². The number of nitrogens with one attached hydrogen (secondary N) is 1. The number of guanidine groups is 1. The maximum atomic E-state index is 13.7. The lowest BCUT2D eigenvalue weighted by atomic mass is 10.1. The minimum absolute atomic E-state index is 0.0341. The summed E-state index contributed by atoms with van der Waals surface area (Å²) in [4.78, 5) is 22.1. The van der Waals surface area contributed by atoms with Crippen molar-refractivity contribution in [1.29, 1.82) is 5.41 Å². The third-order valence-electron chi connectivity index (χ3n) is 5.75. The van der Waals surface area contributed by atoms with Gasteiger partial charge in [-0.05, 0) is 74.6 Å². The zero-order chi connectivity index (χ0) is 29.5. The number of carbonyl (C=O) groups is 1. The number of aryl methyl sites for hydroxylation is 1. The van der Waals surface area contributed by atoms with E-state index in [2.05, 4.69) is 0 Å². The van der Waals surface area contributed by atoms with Gasteiger partial charge >= 0.3 is 16.1 Å². The number of ether oxygens (including phenoxy) is 1. The lowest BCUT2D eigenvalue weighted by Gasteiger charge is -2.33. The van der Waals surface area contributed by atoms with Gasteiger partial charge < -0.3 is 19.5 Å². The summed E-state index contributed by atoms with van der Waals surface area (Å²) in [6, 6.07) is 8.15. The van der Waals surface area contributed by atoms with Crippen molar-refractivity contribution >= 4 is 32.1 Å². The zero-order valence-corrected chi connectivity index (χ0v) is 24.2. The first-order valence-corrected chi connectivity index (χ1v) is 15.5. The SMILES string of the molecule is CCCON(Oc1cc(C)cc(OS(=O)(=O)c2ccccc2S(=O)(=O)N2CCCCC2C(=O)OCC)c1)C(=N)N. The molecule has 0 bridgehead atoms. The highest BCUT2D eigenvalue weighted by atomic mass is 32.2. The van der Waals surface area contributed by atoms with Crippen molar-refractivity contribution in [3.05, 3.63) is 48.0 Å². The number of piperidine rings is 1. The van der Waals surface area contributed by atoms with E-state index in [0.29, 0.717) is 30.1 Å². The molecule has 1 aliphatic rings. The Morgan fingerprint density at radius 1 is 1.07 bits per heavy atom. The average Bonchev–Trinajstić information content (AvgIpc) is 2.90. The quantitative estimate of drug-likeness (QED) is 0.121. The van der Waals surface area contributed by atoms with Crippen LogP contribution in [0.4, 0.5) is 0 Å². The summed E-state index contributed by atoms with van der Waals surface area (Å²) in [5.41, 5.74) is 6.02. The van der Waals surface area contributed by atoms with Crippen LogP contribution in [-0.2, 0) is 34.5 Å². The van der Waals surface area contributed by atoms with Crippen LogP contribution < -0.4 is 14.8 Å². The summed E-state index contributed by atoms with van der Waals surface area (Å²) in [5.74, 6) is -1.34. The molecule has 2 aromatic carbocycles. The van der Waals surface area contributed by atoms with Crippen LogP contribution in [0.5, 0.6) is 11.5 Å². The molecule has 15 heteroatoms. The van der Waals surface area contributed by atoms with E-state index in [0.717, 1.165) is 16.4 Å². The standard InChI is InChI=1S/C25H34N4O9S2/c1-4-14-36-29(25(26)27)37-19-15-18(3)16-20(17-19)38-40(33,34)23-12-7-6-11-22(23)39(31,32)28-13-9-8-10-21(28)24(30)35-5-2/h6-7,11-12,15-17,21H,4-5,8-10,13-14H2,1-3H3,(H3,26,27). The first kappa shape index (κ1) is 31.1. The van der Waals surface area contributed by atoms with E-state index in [4.69, 9.17) is 29.7 Å². The number of hydrogen-bond acceptors (Lipinski definition) is 10. The summed E-state index contributed by atoms with van der Waals surface area (Å²) < 4.78 is 65.7. The molecule has 2 aromatic rings. The van der Waals surface area contributed by atoms with Gasteiger partial charge in [-0.25, -0.2) is 13.3 Å². The molecule has 1 atom stereocenters. The topological polar surface area (TPSA) is 179 Å². The van der Waals surface area contributed by atoms with Crippen LogP contribution in [0.3, 0.4) is 0 Å². The Morgan fingerprint density at radius 2 is 1.75 bits per heavy atom. The Labute approximate surface area is 234 Å². The maximum Gasteiger partial charge on any atom is 0.340 e. The Bertz CT molecular complexity index is 1430. The Kier molecular flexibility index (Phi) is 10.4. The van der Waals surface area contributed by atoms with E-state index < -0.39 is 47.9 Å². The highest BCUT2D eigenvalue weighted by molar-refractivity contribution is 7.91. The van der Waals surface area contributed by atoms with Gasteiger partial charge in [-0.1, -0.05) is 19.1 Å². The summed E-state index contributed by atoms with van der Waals surface area (Å²) in [7, 11) is -9.14. The molecule has 0 spiro atoms. The Hall–Kier alpha value is -3.40. The van der Waals surface area contributed by atoms with E-state index >= 15 is 0 Å². The molecule has 1 heterocycles. The monoisotopic (exact) mass is 598 g/mol. The van der Waals surface area contributed by atoms with Crippen molar-refractivity contribution < 1.29 is 40.2 Å². The van der Waals surface area contributed by atoms with Crippen molar-refractivity contribution in [1.82, 2.24) is 9.53 Å². The number of carbonyl (C=O) groups excluding carboxylic acids is 1. The third kappa shape index (κ3) is 7.41. The second kappa shape index (κ2) is 13.3. The number of hydrogen-bond donors (Lipinski definition) is 2. The molecule has 3 N–H and O–H groups in total. The van der Waals surface area contributed by atoms with Crippen LogP contribution in [0, 0.1) is 12.3 Å². The second-order valence-corrected chi connectivity index (χ2v) is 12.3. The first-order valence-electron chi connectivity index (χ1n) is 12.7. The van der Waals surface area contributed by atoms with Crippen LogP contribution in [0.25, 0.3) is 0 Å². The predicted octanol–water partition coefficient (Wildman–Crippen LogP) is 2.70. The fraction of sp³-hybridized carbons (Fsp3) is 0.440. The van der Waals surface area contributed by atoms with Crippen molar-refractivity contribution in [2.75, 3.05) is 19.8 Å². The van der Waals surface area contributed by atoms with Gasteiger partial charge in [-0.3, -0.25) is 10.2 Å². The lowest BCUT2D eigenvalue weighted by molar-refractivity contribution is -0.263. The highest BCUT2D eigenvalue weighted by Crippen LogP contribution is 2.32. The molecule has 0 amide bonds. The van der Waals surface area contributed by atoms with Gasteiger partial charge in [0.15, 0.2) is 5.75 Å². The summed E-state index contributed by atoms with van der Waals surface area (Å²) in [6.45, 7) is 5.45. The largest absolute Gasteiger partial charge is 0.465 e. The van der Waals surface area contributed by atoms with Gasteiger partial charge in [-0.15, -0.1) is 0 Å². The van der Waals surface area contributed by atoms with Crippen LogP contribution in [-0.4, -0.2) is 64.1 Å². The van der Waals surface area contributed by atoms with Gasteiger partial charge in [0.2, 0.25) is 10.0 Å². The average molecular weight is 599 g/mol. The highest BCUT2D eigenvalue weighted by Gasteiger charge is 2.41. The molecule has 1 aliphatic heterocycles. The number of nitrogens with zero attached hydrogens (tertiary/aromatic N) is 2. The molecule has 1 unspecified atom stereocenters. The van der Waals surface area contributed by atoms with Crippen molar-refractivity contribution in [3.63, 3.8) is 0 Å². The van der Waals surface area contributed by atoms with Crippen molar-refractivity contribution in [3.8, 4) is 11.5 Å². The third-order valence-corrected chi connectivity index (χ3v) is 9.15. The van der Waals surface area contributed by atoms with Crippen LogP contribution in [0.15, 0.2) is 52.3 Å². The normalized spacial score (nSPS) is 16.2. The molecule has 40 heavy (non-hydrogen) atoms. The van der Waals surface area contributed by atoms with E-state index in [1.807, 2.05) is 6.92 Å². The second-order valence-electron chi connectivity index (χ2n) is 8.91. The number of nitrogens with two attached hydrogens (primary N) is 1. The Morgan fingerprint density at radius 3 is 2.40 bits per heavy atom. The predicted molar refractivity (Wildman–Crippen MR) is 144 cm³/mol. The lowest BCUT2D eigenvalue weighted by Crippen LogP contribution is -2.48. The minimum Gasteiger partial charge on any atom is -0.465 e. The molecular formula is C25H34N4O9S2. The molecule has 0 aliphatic carbocycles. The number of rotatable bonds is 12. The van der Waals surface area contributed by atoms with Gasteiger partial charge in [0, 0.05) is 12.6 Å². The molecule has 0 aromatic heterocycles. The number of hydroxylamine groups is 2. The molecule has 220 valence electrons. The number of sulfonamides is 1. The summed E-state index contributed by atoms with van der Waals surface area (Å²) in [5, 5.41) is 8.29. The van der Waals surface area contributed by atoms with Gasteiger partial charge in [0.1, 0.15) is 21.6 Å². The molecule has 0 saturated carbocycles. The van der Waals surface area contributed by atoms with Crippen LogP contribution in [0.2, 0.25) is 0 Å². The molecule has 1 saturated heterocycles. The maximum absolute atomic E-state index is 13.7.